The predicted molar refractivity (Wildman–Crippen MR) is 103 cm³/mol. The van der Waals surface area contributed by atoms with E-state index in [1.165, 1.54) is 6.42 Å². The summed E-state index contributed by atoms with van der Waals surface area (Å²) in [6.45, 7) is 8.86. The maximum atomic E-state index is 13.0. The molecule has 2 rings (SSSR count). The van der Waals surface area contributed by atoms with Gasteiger partial charge in [0.05, 0.1) is 5.69 Å². The van der Waals surface area contributed by atoms with Gasteiger partial charge in [-0.1, -0.05) is 39.0 Å². The van der Waals surface area contributed by atoms with Crippen molar-refractivity contribution in [1.29, 1.82) is 0 Å². The summed E-state index contributed by atoms with van der Waals surface area (Å²) in [5, 5.41) is 0. The highest BCUT2D eigenvalue weighted by atomic mass is 16.2. The lowest BCUT2D eigenvalue weighted by molar-refractivity contribution is -0.134. The first-order valence-electron chi connectivity index (χ1n) is 9.71. The van der Waals surface area contributed by atoms with Gasteiger partial charge in [0, 0.05) is 19.5 Å². The van der Waals surface area contributed by atoms with E-state index in [2.05, 4.69) is 32.9 Å². The lowest BCUT2D eigenvalue weighted by atomic mass is 9.99. The molecule has 1 fully saturated rings. The minimum Gasteiger partial charge on any atom is -0.338 e. The molecule has 1 atom stereocenters. The van der Waals surface area contributed by atoms with Crippen molar-refractivity contribution in [3.8, 4) is 0 Å². The number of likely N-dealkylation sites (tertiary alicyclic amines) is 1. The molecule has 1 aromatic carbocycles. The normalized spacial score (nSPS) is 17.4. The third-order valence-electron chi connectivity index (χ3n) is 5.33. The maximum absolute atomic E-state index is 13.0. The van der Waals surface area contributed by atoms with Crippen molar-refractivity contribution in [1.82, 2.24) is 4.90 Å². The van der Waals surface area contributed by atoms with Crippen LogP contribution in [-0.4, -0.2) is 35.8 Å². The van der Waals surface area contributed by atoms with Crippen LogP contribution in [0.3, 0.4) is 0 Å². The highest BCUT2D eigenvalue weighted by Gasteiger charge is 2.28. The molecule has 0 spiro atoms. The van der Waals surface area contributed by atoms with Crippen LogP contribution in [0.15, 0.2) is 18.2 Å². The van der Waals surface area contributed by atoms with E-state index in [4.69, 9.17) is 0 Å². The molecule has 1 aliphatic rings. The van der Waals surface area contributed by atoms with Gasteiger partial charge in [0.25, 0.3) is 0 Å². The van der Waals surface area contributed by atoms with E-state index in [-0.39, 0.29) is 18.4 Å². The summed E-state index contributed by atoms with van der Waals surface area (Å²) in [5.74, 6) is 0.0173. The van der Waals surface area contributed by atoms with Gasteiger partial charge in [0.1, 0.15) is 6.54 Å². The van der Waals surface area contributed by atoms with Crippen molar-refractivity contribution >= 4 is 17.5 Å². The summed E-state index contributed by atoms with van der Waals surface area (Å²) >= 11 is 0. The molecule has 1 aliphatic heterocycles. The van der Waals surface area contributed by atoms with E-state index in [0.29, 0.717) is 6.04 Å². The Labute approximate surface area is 152 Å². The molecule has 2 amide bonds. The van der Waals surface area contributed by atoms with Crippen LogP contribution < -0.4 is 4.90 Å². The summed E-state index contributed by atoms with van der Waals surface area (Å²) in [7, 11) is 0. The van der Waals surface area contributed by atoms with E-state index in [1.807, 2.05) is 11.0 Å². The first-order chi connectivity index (χ1) is 12.0. The second-order valence-electron chi connectivity index (χ2n) is 6.88. The van der Waals surface area contributed by atoms with Crippen LogP contribution in [0.4, 0.5) is 5.69 Å². The summed E-state index contributed by atoms with van der Waals surface area (Å²) < 4.78 is 0. The van der Waals surface area contributed by atoms with Gasteiger partial charge < -0.3 is 9.80 Å². The van der Waals surface area contributed by atoms with Crippen LogP contribution >= 0.6 is 0 Å². The number of anilines is 1. The fourth-order valence-corrected chi connectivity index (χ4v) is 3.89. The minimum atomic E-state index is -0.0611. The highest BCUT2D eigenvalue weighted by molar-refractivity contribution is 5.99. The molecular weight excluding hydrogens is 312 g/mol. The molecule has 1 saturated heterocycles. The first kappa shape index (κ1) is 19.5. The molecule has 0 N–H and O–H groups in total. The van der Waals surface area contributed by atoms with Gasteiger partial charge >= 0.3 is 0 Å². The zero-order valence-corrected chi connectivity index (χ0v) is 16.2. The zero-order chi connectivity index (χ0) is 18.4. The van der Waals surface area contributed by atoms with Crippen molar-refractivity contribution in [2.24, 2.45) is 0 Å². The van der Waals surface area contributed by atoms with Crippen LogP contribution in [0.25, 0.3) is 0 Å². The minimum absolute atomic E-state index is 0.0611. The third-order valence-corrected chi connectivity index (χ3v) is 5.33. The summed E-state index contributed by atoms with van der Waals surface area (Å²) in [5.41, 5.74) is 3.21. The van der Waals surface area contributed by atoms with Crippen LogP contribution in [0.5, 0.6) is 0 Å². The topological polar surface area (TPSA) is 40.6 Å². The van der Waals surface area contributed by atoms with E-state index < -0.39 is 0 Å². The Morgan fingerprint density at radius 3 is 2.28 bits per heavy atom. The number of benzene rings is 1. The Balaban J connectivity index is 2.30. The number of rotatable bonds is 6. The van der Waals surface area contributed by atoms with Crippen LogP contribution in [-0.2, 0) is 22.4 Å². The average molecular weight is 344 g/mol. The summed E-state index contributed by atoms with van der Waals surface area (Å²) in [6, 6.07) is 6.48. The molecule has 25 heavy (non-hydrogen) atoms. The number of carbonyl (C=O) groups excluding carboxylic acids is 2. The molecule has 4 nitrogen and oxygen atoms in total. The van der Waals surface area contributed by atoms with Gasteiger partial charge in [-0.25, -0.2) is 0 Å². The smallest absolute Gasteiger partial charge is 0.242 e. The molecule has 4 heteroatoms. The second-order valence-corrected chi connectivity index (χ2v) is 6.88. The van der Waals surface area contributed by atoms with Crippen molar-refractivity contribution in [3.63, 3.8) is 0 Å². The number of para-hydroxylation sites is 1. The molecular formula is C21H32N2O2. The number of aryl methyl sites for hydroxylation is 2. The van der Waals surface area contributed by atoms with Crippen LogP contribution in [0.2, 0.25) is 0 Å². The van der Waals surface area contributed by atoms with Gasteiger partial charge in [0.2, 0.25) is 11.8 Å². The maximum Gasteiger partial charge on any atom is 0.242 e. The average Bonchev–Trinajstić information content (AvgIpc) is 2.64. The molecule has 0 bridgehead atoms. The van der Waals surface area contributed by atoms with Crippen molar-refractivity contribution < 1.29 is 9.59 Å². The fourth-order valence-electron chi connectivity index (χ4n) is 3.89. The van der Waals surface area contributed by atoms with Gasteiger partial charge in [-0.3, -0.25) is 9.59 Å². The van der Waals surface area contributed by atoms with E-state index in [1.54, 1.807) is 11.8 Å². The number of nitrogens with zero attached hydrogens (tertiary/aromatic N) is 2. The standard InChI is InChI=1S/C21H32N2O2/c1-5-17-11-10-12-18(6-2)21(17)23(16(4)24)15-20(25)22-14-9-8-13-19(22)7-3/h10-12,19H,5-9,13-15H2,1-4H3. The number of piperidine rings is 1. The quantitative estimate of drug-likeness (QED) is 0.784. The molecule has 138 valence electrons. The van der Waals surface area contributed by atoms with E-state index >= 15 is 0 Å². The number of hydrogen-bond donors (Lipinski definition) is 0. The molecule has 0 aromatic heterocycles. The second kappa shape index (κ2) is 9.02. The summed E-state index contributed by atoms with van der Waals surface area (Å²) in [6.07, 6.45) is 6.02. The Morgan fingerprint density at radius 1 is 1.12 bits per heavy atom. The highest BCUT2D eigenvalue weighted by Crippen LogP contribution is 2.28. The fraction of sp³-hybridized carbons (Fsp3) is 0.619. The van der Waals surface area contributed by atoms with Gasteiger partial charge in [-0.05, 0) is 49.7 Å². The SMILES string of the molecule is CCc1cccc(CC)c1N(CC(=O)N1CCCCC1CC)C(C)=O. The van der Waals surface area contributed by atoms with E-state index in [0.717, 1.165) is 55.5 Å². The van der Waals surface area contributed by atoms with Crippen LogP contribution in [0, 0.1) is 0 Å². The van der Waals surface area contributed by atoms with Gasteiger partial charge in [-0.15, -0.1) is 0 Å². The van der Waals surface area contributed by atoms with Gasteiger partial charge in [0.15, 0.2) is 0 Å². The summed E-state index contributed by atoms with van der Waals surface area (Å²) in [4.78, 5) is 29.1. The van der Waals surface area contributed by atoms with Crippen molar-refractivity contribution in [2.45, 2.75) is 72.3 Å². The number of carbonyl (C=O) groups is 2. The Morgan fingerprint density at radius 2 is 1.76 bits per heavy atom. The number of amides is 2. The Hall–Kier alpha value is -1.84. The largest absolute Gasteiger partial charge is 0.338 e. The number of hydrogen-bond acceptors (Lipinski definition) is 2. The van der Waals surface area contributed by atoms with Crippen molar-refractivity contribution in [3.05, 3.63) is 29.3 Å². The van der Waals surface area contributed by atoms with Crippen LogP contribution in [0.1, 0.15) is 64.5 Å². The molecule has 1 heterocycles. The lowest BCUT2D eigenvalue weighted by Gasteiger charge is -2.37. The monoisotopic (exact) mass is 344 g/mol. The third kappa shape index (κ3) is 4.42. The van der Waals surface area contributed by atoms with Crippen molar-refractivity contribution in [2.75, 3.05) is 18.0 Å². The lowest BCUT2D eigenvalue weighted by Crippen LogP contribution is -2.49. The zero-order valence-electron chi connectivity index (χ0n) is 16.2. The predicted octanol–water partition coefficient (Wildman–Crippen LogP) is 3.96. The van der Waals surface area contributed by atoms with Gasteiger partial charge in [-0.2, -0.15) is 0 Å². The molecule has 0 radical (unpaired) electrons. The van der Waals surface area contributed by atoms with E-state index in [9.17, 15) is 9.59 Å². The Bertz CT molecular complexity index is 590. The first-order valence-corrected chi connectivity index (χ1v) is 9.71. The molecule has 1 aromatic rings. The molecule has 1 unspecified atom stereocenters. The molecule has 0 saturated carbocycles. The molecule has 0 aliphatic carbocycles. The Kier molecular flexibility index (Phi) is 7.03.